The standard InChI is InChI=1S/C11H15BrN2O2/c1-6-10(16-7(2)13-6)11(15)14-9-5-3-4-8(9)12/h8-9H,3-5H2,1-2H3,(H,14,15). The van der Waals surface area contributed by atoms with Crippen LogP contribution in [0.15, 0.2) is 4.42 Å². The van der Waals surface area contributed by atoms with Gasteiger partial charge in [-0.25, -0.2) is 4.98 Å². The van der Waals surface area contributed by atoms with Crippen molar-refractivity contribution >= 4 is 21.8 Å². The minimum absolute atomic E-state index is 0.158. The number of nitrogens with zero attached hydrogens (tertiary/aromatic N) is 1. The molecular weight excluding hydrogens is 272 g/mol. The second kappa shape index (κ2) is 4.57. The summed E-state index contributed by atoms with van der Waals surface area (Å²) in [6.45, 7) is 3.53. The Morgan fingerprint density at radius 3 is 2.75 bits per heavy atom. The van der Waals surface area contributed by atoms with Gasteiger partial charge in [0.1, 0.15) is 0 Å². The van der Waals surface area contributed by atoms with Gasteiger partial charge in [-0.05, 0) is 19.8 Å². The van der Waals surface area contributed by atoms with Gasteiger partial charge in [0, 0.05) is 17.8 Å². The first-order chi connectivity index (χ1) is 7.58. The van der Waals surface area contributed by atoms with Gasteiger partial charge < -0.3 is 9.73 Å². The van der Waals surface area contributed by atoms with Crippen LogP contribution in [0.3, 0.4) is 0 Å². The van der Waals surface area contributed by atoms with Gasteiger partial charge >= 0.3 is 0 Å². The Kier molecular flexibility index (Phi) is 3.33. The largest absolute Gasteiger partial charge is 0.436 e. The number of hydrogen-bond acceptors (Lipinski definition) is 3. The van der Waals surface area contributed by atoms with Crippen molar-refractivity contribution in [2.45, 2.75) is 44.0 Å². The van der Waals surface area contributed by atoms with Crippen LogP contribution < -0.4 is 5.32 Å². The van der Waals surface area contributed by atoms with E-state index >= 15 is 0 Å². The van der Waals surface area contributed by atoms with Crippen molar-refractivity contribution in [1.29, 1.82) is 0 Å². The van der Waals surface area contributed by atoms with Gasteiger partial charge in [0.2, 0.25) is 5.76 Å². The third-order valence-corrected chi connectivity index (χ3v) is 3.95. The molecule has 1 aliphatic carbocycles. The van der Waals surface area contributed by atoms with Gasteiger partial charge in [0.05, 0.1) is 5.69 Å². The molecule has 1 aliphatic rings. The Morgan fingerprint density at radius 1 is 1.50 bits per heavy atom. The molecule has 16 heavy (non-hydrogen) atoms. The quantitative estimate of drug-likeness (QED) is 0.849. The van der Waals surface area contributed by atoms with Crippen LogP contribution in [0.5, 0.6) is 0 Å². The van der Waals surface area contributed by atoms with Crippen molar-refractivity contribution in [3.05, 3.63) is 17.3 Å². The Labute approximate surface area is 103 Å². The highest BCUT2D eigenvalue weighted by atomic mass is 79.9. The van der Waals surface area contributed by atoms with Crippen LogP contribution in [0.2, 0.25) is 0 Å². The summed E-state index contributed by atoms with van der Waals surface area (Å²) in [4.78, 5) is 16.4. The molecule has 0 bridgehead atoms. The lowest BCUT2D eigenvalue weighted by molar-refractivity contribution is 0.0908. The number of hydrogen-bond donors (Lipinski definition) is 1. The molecule has 0 aliphatic heterocycles. The second-order valence-electron chi connectivity index (χ2n) is 4.17. The number of rotatable bonds is 2. The van der Waals surface area contributed by atoms with E-state index in [2.05, 4.69) is 26.2 Å². The van der Waals surface area contributed by atoms with Crippen LogP contribution in [0.25, 0.3) is 0 Å². The number of alkyl halides is 1. The lowest BCUT2D eigenvalue weighted by atomic mass is 10.2. The Morgan fingerprint density at radius 2 is 2.25 bits per heavy atom. The number of aromatic nitrogens is 1. The lowest BCUT2D eigenvalue weighted by Crippen LogP contribution is -2.37. The summed E-state index contributed by atoms with van der Waals surface area (Å²) in [5.41, 5.74) is 0.652. The van der Waals surface area contributed by atoms with Gasteiger partial charge in [-0.15, -0.1) is 0 Å². The molecule has 2 rings (SSSR count). The lowest BCUT2D eigenvalue weighted by Gasteiger charge is -2.14. The predicted molar refractivity (Wildman–Crippen MR) is 63.8 cm³/mol. The zero-order valence-corrected chi connectivity index (χ0v) is 11.0. The van der Waals surface area contributed by atoms with Crippen LogP contribution in [-0.2, 0) is 0 Å². The maximum atomic E-state index is 11.9. The smallest absolute Gasteiger partial charge is 0.289 e. The fraction of sp³-hybridized carbons (Fsp3) is 0.636. The third-order valence-electron chi connectivity index (χ3n) is 2.86. The number of oxazole rings is 1. The fourth-order valence-electron chi connectivity index (χ4n) is 2.05. The van der Waals surface area contributed by atoms with E-state index in [1.54, 1.807) is 13.8 Å². The van der Waals surface area contributed by atoms with E-state index < -0.39 is 0 Å². The molecule has 1 fully saturated rings. The minimum atomic E-state index is -0.158. The Bertz CT molecular complexity index is 403. The maximum absolute atomic E-state index is 11.9. The van der Waals surface area contributed by atoms with Crippen molar-refractivity contribution in [3.63, 3.8) is 0 Å². The van der Waals surface area contributed by atoms with E-state index in [0.717, 1.165) is 19.3 Å². The molecule has 2 atom stereocenters. The van der Waals surface area contributed by atoms with E-state index in [1.165, 1.54) is 0 Å². The van der Waals surface area contributed by atoms with Gasteiger partial charge in [0.15, 0.2) is 5.89 Å². The van der Waals surface area contributed by atoms with E-state index in [4.69, 9.17) is 4.42 Å². The molecule has 1 N–H and O–H groups in total. The summed E-state index contributed by atoms with van der Waals surface area (Å²) >= 11 is 3.57. The average Bonchev–Trinajstić information content (AvgIpc) is 2.74. The van der Waals surface area contributed by atoms with Crippen LogP contribution in [0.4, 0.5) is 0 Å². The SMILES string of the molecule is Cc1nc(C)c(C(=O)NC2CCCC2Br)o1. The molecule has 1 aromatic heterocycles. The highest BCUT2D eigenvalue weighted by Crippen LogP contribution is 2.26. The molecule has 1 heterocycles. The first-order valence-corrected chi connectivity index (χ1v) is 6.38. The summed E-state index contributed by atoms with van der Waals surface area (Å²) in [6.07, 6.45) is 3.28. The van der Waals surface area contributed by atoms with Crippen LogP contribution >= 0.6 is 15.9 Å². The molecule has 5 heteroatoms. The topological polar surface area (TPSA) is 55.1 Å². The molecule has 0 saturated heterocycles. The number of halogens is 1. The van der Waals surface area contributed by atoms with Crippen LogP contribution in [0, 0.1) is 13.8 Å². The molecule has 1 aromatic rings. The predicted octanol–water partition coefficient (Wildman–Crippen LogP) is 2.34. The highest BCUT2D eigenvalue weighted by Gasteiger charge is 2.28. The normalized spacial score (nSPS) is 24.7. The van der Waals surface area contributed by atoms with Gasteiger partial charge in [-0.3, -0.25) is 4.79 Å². The summed E-state index contributed by atoms with van der Waals surface area (Å²) < 4.78 is 5.28. The Hall–Kier alpha value is -0.840. The Balaban J connectivity index is 2.05. The van der Waals surface area contributed by atoms with Crippen molar-refractivity contribution in [2.24, 2.45) is 0 Å². The molecule has 0 spiro atoms. The van der Waals surface area contributed by atoms with Crippen molar-refractivity contribution in [1.82, 2.24) is 10.3 Å². The summed E-state index contributed by atoms with van der Waals surface area (Å²) in [6, 6.07) is 0.206. The maximum Gasteiger partial charge on any atom is 0.289 e. The van der Waals surface area contributed by atoms with Gasteiger partial charge in [0.25, 0.3) is 5.91 Å². The van der Waals surface area contributed by atoms with E-state index in [-0.39, 0.29) is 11.9 Å². The van der Waals surface area contributed by atoms with Gasteiger partial charge in [-0.2, -0.15) is 0 Å². The first kappa shape index (κ1) is 11.6. The molecule has 0 radical (unpaired) electrons. The molecular formula is C11H15BrN2O2. The van der Waals surface area contributed by atoms with E-state index in [0.29, 0.717) is 22.2 Å². The highest BCUT2D eigenvalue weighted by molar-refractivity contribution is 9.09. The summed E-state index contributed by atoms with van der Waals surface area (Å²) in [5, 5.41) is 2.98. The van der Waals surface area contributed by atoms with Crippen LogP contribution in [0.1, 0.15) is 41.4 Å². The zero-order chi connectivity index (χ0) is 11.7. The molecule has 1 saturated carbocycles. The summed E-state index contributed by atoms with van der Waals surface area (Å²) in [7, 11) is 0. The molecule has 1 amide bonds. The van der Waals surface area contributed by atoms with E-state index in [1.807, 2.05) is 0 Å². The fourth-order valence-corrected chi connectivity index (χ4v) is 2.77. The van der Waals surface area contributed by atoms with Crippen molar-refractivity contribution in [2.75, 3.05) is 0 Å². The monoisotopic (exact) mass is 286 g/mol. The van der Waals surface area contributed by atoms with Crippen molar-refractivity contribution in [3.8, 4) is 0 Å². The number of aryl methyl sites for hydroxylation is 2. The number of nitrogens with one attached hydrogen (secondary N) is 1. The zero-order valence-electron chi connectivity index (χ0n) is 9.42. The number of carbonyl (C=O) groups excluding carboxylic acids is 1. The van der Waals surface area contributed by atoms with E-state index in [9.17, 15) is 4.79 Å². The minimum Gasteiger partial charge on any atom is -0.436 e. The molecule has 4 nitrogen and oxygen atoms in total. The third kappa shape index (κ3) is 2.29. The molecule has 88 valence electrons. The van der Waals surface area contributed by atoms with Crippen LogP contribution in [-0.4, -0.2) is 21.8 Å². The molecule has 0 aromatic carbocycles. The first-order valence-electron chi connectivity index (χ1n) is 5.47. The molecule has 2 unspecified atom stereocenters. The number of amides is 1. The number of carbonyl (C=O) groups is 1. The average molecular weight is 287 g/mol. The van der Waals surface area contributed by atoms with Crippen molar-refractivity contribution < 1.29 is 9.21 Å². The second-order valence-corrected chi connectivity index (χ2v) is 5.35. The van der Waals surface area contributed by atoms with Gasteiger partial charge in [-0.1, -0.05) is 22.4 Å². The summed E-state index contributed by atoms with van der Waals surface area (Å²) in [5.74, 6) is 0.711.